The second kappa shape index (κ2) is 9.07. The van der Waals surface area contributed by atoms with Gasteiger partial charge in [-0.15, -0.1) is 10.2 Å². The zero-order valence-corrected chi connectivity index (χ0v) is 17.2. The Kier molecular flexibility index (Phi) is 6.51. The van der Waals surface area contributed by atoms with Crippen molar-refractivity contribution in [1.82, 2.24) is 15.5 Å². The molecule has 150 valence electrons. The lowest BCUT2D eigenvalue weighted by molar-refractivity contribution is -0.118. The Morgan fingerprint density at radius 2 is 1.90 bits per heavy atom. The predicted octanol–water partition coefficient (Wildman–Crippen LogP) is 4.44. The molecular weight excluding hydrogens is 415 g/mol. The molecule has 1 heterocycles. The highest BCUT2D eigenvalue weighted by molar-refractivity contribution is 6.36. The van der Waals surface area contributed by atoms with Crippen molar-refractivity contribution in [2.45, 2.75) is 19.9 Å². The minimum Gasteiger partial charge on any atom is -0.423 e. The Balaban J connectivity index is 1.75. The van der Waals surface area contributed by atoms with Crippen LogP contribution in [0.3, 0.4) is 0 Å². The minimum atomic E-state index is -0.777. The molecule has 0 saturated heterocycles. The molecular formula is C20H18Cl2N4O3. The van der Waals surface area contributed by atoms with Crippen LogP contribution in [0, 0.1) is 5.92 Å². The summed E-state index contributed by atoms with van der Waals surface area (Å²) < 4.78 is 5.17. The third kappa shape index (κ3) is 5.13. The molecule has 1 unspecified atom stereocenters. The number of nitrogens with one attached hydrogen (secondary N) is 2. The molecule has 0 radical (unpaired) electrons. The molecule has 2 N–H and O–H groups in total. The van der Waals surface area contributed by atoms with Crippen LogP contribution in [0.5, 0.6) is 0 Å². The van der Waals surface area contributed by atoms with Gasteiger partial charge in [0.05, 0.1) is 10.6 Å². The molecule has 0 aliphatic heterocycles. The summed E-state index contributed by atoms with van der Waals surface area (Å²) in [5.74, 6) is -0.641. The summed E-state index contributed by atoms with van der Waals surface area (Å²) in [4.78, 5) is 25.4. The first-order valence-electron chi connectivity index (χ1n) is 8.78. The number of carbonyl (C=O) groups excluding carboxylic acids is 2. The zero-order chi connectivity index (χ0) is 21.0. The lowest BCUT2D eigenvalue weighted by Gasteiger charge is -2.22. The predicted molar refractivity (Wildman–Crippen MR) is 111 cm³/mol. The van der Waals surface area contributed by atoms with Gasteiger partial charge < -0.3 is 15.1 Å². The second-order valence-electron chi connectivity index (χ2n) is 6.63. The number of rotatable bonds is 6. The van der Waals surface area contributed by atoms with Gasteiger partial charge >= 0.3 is 0 Å². The molecule has 9 heteroatoms. The number of nitrogens with zero attached hydrogens (tertiary/aromatic N) is 2. The average Bonchev–Trinajstić information content (AvgIpc) is 3.20. The van der Waals surface area contributed by atoms with Crippen LogP contribution in [-0.2, 0) is 4.79 Å². The number of hydrogen-bond acceptors (Lipinski definition) is 5. The van der Waals surface area contributed by atoms with Crippen LogP contribution >= 0.6 is 23.2 Å². The Labute approximate surface area is 177 Å². The van der Waals surface area contributed by atoms with Gasteiger partial charge in [-0.1, -0.05) is 43.1 Å². The summed E-state index contributed by atoms with van der Waals surface area (Å²) in [6.45, 7) is 3.67. The zero-order valence-electron chi connectivity index (χ0n) is 15.6. The Hall–Kier alpha value is -2.90. The van der Waals surface area contributed by atoms with Gasteiger partial charge in [-0.25, -0.2) is 0 Å². The maximum Gasteiger partial charge on any atom is 0.253 e. The van der Waals surface area contributed by atoms with E-state index in [2.05, 4.69) is 20.8 Å². The van der Waals surface area contributed by atoms with Gasteiger partial charge in [0.25, 0.3) is 5.91 Å². The first kappa shape index (κ1) is 20.8. The van der Waals surface area contributed by atoms with E-state index in [1.165, 1.54) is 18.5 Å². The fourth-order valence-corrected chi connectivity index (χ4v) is 3.17. The van der Waals surface area contributed by atoms with E-state index in [1.807, 2.05) is 13.8 Å². The van der Waals surface area contributed by atoms with Crippen LogP contribution in [-0.4, -0.2) is 28.1 Å². The number of hydrogen-bond donors (Lipinski definition) is 2. The molecule has 1 aromatic heterocycles. The Morgan fingerprint density at radius 3 is 2.55 bits per heavy atom. The van der Waals surface area contributed by atoms with E-state index in [4.69, 9.17) is 27.6 Å². The van der Waals surface area contributed by atoms with Crippen LogP contribution in [0.1, 0.15) is 24.2 Å². The van der Waals surface area contributed by atoms with E-state index in [-0.39, 0.29) is 22.4 Å². The number of halogens is 2. The molecule has 7 nitrogen and oxygen atoms in total. The Morgan fingerprint density at radius 1 is 1.10 bits per heavy atom. The monoisotopic (exact) mass is 432 g/mol. The maximum absolute atomic E-state index is 12.8. The normalized spacial score (nSPS) is 11.9. The first-order valence-corrected chi connectivity index (χ1v) is 9.54. The topological polar surface area (TPSA) is 97.1 Å². The van der Waals surface area contributed by atoms with Gasteiger partial charge in [0, 0.05) is 16.3 Å². The van der Waals surface area contributed by atoms with Crippen LogP contribution in [0.15, 0.2) is 53.3 Å². The molecule has 3 rings (SSSR count). The smallest absolute Gasteiger partial charge is 0.253 e. The molecule has 2 aromatic carbocycles. The van der Waals surface area contributed by atoms with Crippen molar-refractivity contribution in [3.8, 4) is 11.5 Å². The quantitative estimate of drug-likeness (QED) is 0.599. The van der Waals surface area contributed by atoms with Crippen molar-refractivity contribution < 1.29 is 14.0 Å². The number of anilines is 1. The molecule has 0 aliphatic rings. The maximum atomic E-state index is 12.8. The fraction of sp³-hybridized carbons (Fsp3) is 0.200. The summed E-state index contributed by atoms with van der Waals surface area (Å²) in [7, 11) is 0. The Bertz CT molecular complexity index is 1020. The highest BCUT2D eigenvalue weighted by Gasteiger charge is 2.25. The highest BCUT2D eigenvalue weighted by atomic mass is 35.5. The summed E-state index contributed by atoms with van der Waals surface area (Å²) >= 11 is 12.0. The summed E-state index contributed by atoms with van der Waals surface area (Å²) in [6.07, 6.45) is 1.23. The second-order valence-corrected chi connectivity index (χ2v) is 7.48. The van der Waals surface area contributed by atoms with E-state index in [9.17, 15) is 9.59 Å². The van der Waals surface area contributed by atoms with Gasteiger partial charge in [0.15, 0.2) is 0 Å². The highest BCUT2D eigenvalue weighted by Crippen LogP contribution is 2.22. The van der Waals surface area contributed by atoms with E-state index in [1.54, 1.807) is 30.3 Å². The van der Waals surface area contributed by atoms with Crippen molar-refractivity contribution in [3.63, 3.8) is 0 Å². The molecule has 0 spiro atoms. The lowest BCUT2D eigenvalue weighted by atomic mass is 10.0. The fourth-order valence-electron chi connectivity index (χ4n) is 2.68. The van der Waals surface area contributed by atoms with Crippen molar-refractivity contribution in [1.29, 1.82) is 0 Å². The number of aromatic nitrogens is 2. The number of benzene rings is 2. The largest absolute Gasteiger partial charge is 0.423 e. The minimum absolute atomic E-state index is 0.163. The van der Waals surface area contributed by atoms with E-state index in [0.717, 1.165) is 0 Å². The molecule has 1 atom stereocenters. The van der Waals surface area contributed by atoms with E-state index in [0.29, 0.717) is 22.2 Å². The third-order valence-electron chi connectivity index (χ3n) is 4.15. The average molecular weight is 433 g/mol. The summed E-state index contributed by atoms with van der Waals surface area (Å²) in [6, 6.07) is 10.8. The molecule has 3 aromatic rings. The van der Waals surface area contributed by atoms with Crippen molar-refractivity contribution in [2.24, 2.45) is 5.92 Å². The van der Waals surface area contributed by atoms with Gasteiger partial charge in [-0.05, 0) is 42.3 Å². The summed E-state index contributed by atoms with van der Waals surface area (Å²) in [5.41, 5.74) is 1.45. The van der Waals surface area contributed by atoms with Gasteiger partial charge in [-0.3, -0.25) is 9.59 Å². The number of carbonyl (C=O) groups is 2. The van der Waals surface area contributed by atoms with Crippen LogP contribution < -0.4 is 10.6 Å². The first-order chi connectivity index (χ1) is 13.8. The number of amides is 2. The lowest BCUT2D eigenvalue weighted by Crippen LogP contribution is -2.47. The standard InChI is InChI=1S/C20H18Cl2N4O3/c1-11(2)17(25-18(27)15-7-6-13(21)9-16(15)22)19(28)24-14-5-3-4-12(8-14)20-26-23-10-29-20/h3-11,17H,1-2H3,(H,24,28)(H,25,27). The third-order valence-corrected chi connectivity index (χ3v) is 4.70. The van der Waals surface area contributed by atoms with Crippen LogP contribution in [0.2, 0.25) is 10.0 Å². The van der Waals surface area contributed by atoms with Crippen molar-refractivity contribution >= 4 is 40.7 Å². The van der Waals surface area contributed by atoms with Gasteiger partial charge in [0.2, 0.25) is 18.2 Å². The molecule has 0 saturated carbocycles. The molecule has 0 fully saturated rings. The molecule has 2 amide bonds. The van der Waals surface area contributed by atoms with Crippen LogP contribution in [0.25, 0.3) is 11.5 Å². The molecule has 0 bridgehead atoms. The van der Waals surface area contributed by atoms with E-state index >= 15 is 0 Å². The van der Waals surface area contributed by atoms with Gasteiger partial charge in [-0.2, -0.15) is 0 Å². The van der Waals surface area contributed by atoms with Crippen LogP contribution in [0.4, 0.5) is 5.69 Å². The molecule has 0 aliphatic carbocycles. The summed E-state index contributed by atoms with van der Waals surface area (Å²) in [5, 5.41) is 13.7. The van der Waals surface area contributed by atoms with Gasteiger partial charge in [0.1, 0.15) is 6.04 Å². The molecule has 29 heavy (non-hydrogen) atoms. The van der Waals surface area contributed by atoms with E-state index < -0.39 is 11.9 Å². The van der Waals surface area contributed by atoms with Crippen molar-refractivity contribution in [3.05, 3.63) is 64.5 Å². The van der Waals surface area contributed by atoms with Crippen molar-refractivity contribution in [2.75, 3.05) is 5.32 Å². The SMILES string of the molecule is CC(C)C(NC(=O)c1ccc(Cl)cc1Cl)C(=O)Nc1cccc(-c2nnco2)c1.